The van der Waals surface area contributed by atoms with Gasteiger partial charge in [0.25, 0.3) is 6.29 Å². The molecule has 0 aromatic heterocycles. The summed E-state index contributed by atoms with van der Waals surface area (Å²) in [6.45, 7) is 4.79. The second-order valence-electron chi connectivity index (χ2n) is 22.7. The normalized spacial score (nSPS) is 13.3. The van der Waals surface area contributed by atoms with Crippen molar-refractivity contribution in [1.82, 2.24) is 0 Å². The number of allylic oxidation sites excluding steroid dienone is 14. The predicted molar refractivity (Wildman–Crippen MR) is 332 cm³/mol. The molecule has 78 heavy (non-hydrogen) atoms. The topological polar surface area (TPSA) is 108 Å². The molecule has 0 rings (SSSR count). The van der Waals surface area contributed by atoms with Crippen molar-refractivity contribution in [2.24, 2.45) is 0 Å². The van der Waals surface area contributed by atoms with Crippen molar-refractivity contribution in [3.63, 3.8) is 0 Å². The van der Waals surface area contributed by atoms with Crippen LogP contribution in [0.25, 0.3) is 0 Å². The van der Waals surface area contributed by atoms with E-state index in [0.717, 1.165) is 89.9 Å². The lowest BCUT2D eigenvalue weighted by Gasteiger charge is -2.25. The van der Waals surface area contributed by atoms with Gasteiger partial charge in [-0.1, -0.05) is 279 Å². The molecule has 9 nitrogen and oxygen atoms in total. The number of ether oxygens (including phenoxy) is 4. The molecule has 0 saturated carbocycles. The first-order chi connectivity index (χ1) is 38.1. The largest absolute Gasteiger partial charge is 0.477 e. The zero-order valence-electron chi connectivity index (χ0n) is 51.3. The second kappa shape index (κ2) is 59.6. The number of rotatable bonds is 59. The fourth-order valence-corrected chi connectivity index (χ4v) is 9.00. The van der Waals surface area contributed by atoms with Crippen LogP contribution in [-0.4, -0.2) is 87.4 Å². The molecule has 0 aliphatic heterocycles. The van der Waals surface area contributed by atoms with E-state index in [4.69, 9.17) is 18.9 Å². The molecule has 9 heteroatoms. The highest BCUT2D eigenvalue weighted by atomic mass is 16.7. The third-order valence-corrected chi connectivity index (χ3v) is 13.9. The molecule has 0 aliphatic carbocycles. The van der Waals surface area contributed by atoms with Gasteiger partial charge >= 0.3 is 17.9 Å². The Bertz CT molecular complexity index is 1550. The van der Waals surface area contributed by atoms with Gasteiger partial charge in [-0.25, -0.2) is 4.79 Å². The standard InChI is InChI=1S/C69H121NO8/c1-6-8-10-12-14-16-18-20-22-24-26-28-29-30-31-32-33-34-35-36-37-38-39-40-42-44-46-48-50-52-54-56-58-60-67(72)78-65(64-77-69(68(73)74)75-62-61-70(3,4)5)63-76-66(71)59-57-55-53-51-49-47-45-43-41-27-25-23-21-19-17-15-13-11-9-7-2/h8,10,14,16,20,22,26,28,30-31,33-34,36-37,65,69H,6-7,9,11-13,15,17-19,21,23-25,27,29,32,35,38-64H2,1-5H3/p+1/b10-8-,16-14-,22-20-,28-26-,31-30-,34-33-,37-36-. The number of esters is 2. The van der Waals surface area contributed by atoms with Crippen molar-refractivity contribution >= 4 is 17.9 Å². The Morgan fingerprint density at radius 2 is 0.731 bits per heavy atom. The fourth-order valence-electron chi connectivity index (χ4n) is 9.00. The van der Waals surface area contributed by atoms with Gasteiger partial charge in [0.2, 0.25) is 0 Å². The van der Waals surface area contributed by atoms with E-state index in [-0.39, 0.29) is 32.2 Å². The zero-order chi connectivity index (χ0) is 56.9. The molecule has 0 aliphatic rings. The van der Waals surface area contributed by atoms with E-state index in [1.807, 2.05) is 21.1 Å². The zero-order valence-corrected chi connectivity index (χ0v) is 51.3. The summed E-state index contributed by atoms with van der Waals surface area (Å²) in [7, 11) is 5.97. The molecule has 2 unspecified atom stereocenters. The number of hydrogen-bond donors (Lipinski definition) is 1. The summed E-state index contributed by atoms with van der Waals surface area (Å²) in [6, 6.07) is 0. The Kier molecular flexibility index (Phi) is 56.9. The van der Waals surface area contributed by atoms with E-state index in [0.29, 0.717) is 23.9 Å². The van der Waals surface area contributed by atoms with Crippen LogP contribution < -0.4 is 0 Å². The fraction of sp³-hybridized carbons (Fsp3) is 0.754. The molecule has 0 aromatic carbocycles. The number of quaternary nitrogens is 1. The average Bonchev–Trinajstić information content (AvgIpc) is 3.41. The molecule has 1 N–H and O–H groups in total. The third kappa shape index (κ3) is 60.1. The minimum atomic E-state index is -1.51. The van der Waals surface area contributed by atoms with Gasteiger partial charge in [0.15, 0.2) is 6.10 Å². The minimum Gasteiger partial charge on any atom is -0.477 e. The van der Waals surface area contributed by atoms with Crippen LogP contribution in [0.5, 0.6) is 0 Å². The molecule has 450 valence electrons. The van der Waals surface area contributed by atoms with E-state index in [1.54, 1.807) is 0 Å². The number of aliphatic carboxylic acids is 1. The molecule has 0 aromatic rings. The van der Waals surface area contributed by atoms with Crippen LogP contribution >= 0.6 is 0 Å². The Labute approximate surface area is 480 Å². The van der Waals surface area contributed by atoms with E-state index in [2.05, 4.69) is 98.9 Å². The predicted octanol–water partition coefficient (Wildman–Crippen LogP) is 19.5. The van der Waals surface area contributed by atoms with Gasteiger partial charge in [0.05, 0.1) is 34.4 Å². The van der Waals surface area contributed by atoms with Gasteiger partial charge in [0, 0.05) is 12.8 Å². The first kappa shape index (κ1) is 74.5. The maximum atomic E-state index is 12.9. The Hall–Kier alpha value is -3.53. The molecule has 0 bridgehead atoms. The molecule has 0 fully saturated rings. The Balaban J connectivity index is 4.17. The number of carbonyl (C=O) groups is 3. The highest BCUT2D eigenvalue weighted by molar-refractivity contribution is 5.71. The smallest absolute Gasteiger partial charge is 0.361 e. The molecule has 0 amide bonds. The lowest BCUT2D eigenvalue weighted by atomic mass is 10.0. The van der Waals surface area contributed by atoms with E-state index >= 15 is 0 Å². The number of likely N-dealkylation sites (N-methyl/N-ethyl adjacent to an activating group) is 1. The first-order valence-corrected chi connectivity index (χ1v) is 32.3. The molecular formula is C69H122NO8+. The van der Waals surface area contributed by atoms with Crippen LogP contribution in [0.3, 0.4) is 0 Å². The second-order valence-corrected chi connectivity index (χ2v) is 22.7. The average molecular weight is 1090 g/mol. The molecular weight excluding hydrogens is 971 g/mol. The molecule has 0 heterocycles. The number of carbonyl (C=O) groups excluding carboxylic acids is 2. The van der Waals surface area contributed by atoms with Crippen molar-refractivity contribution in [3.8, 4) is 0 Å². The van der Waals surface area contributed by atoms with Crippen molar-refractivity contribution in [2.75, 3.05) is 47.5 Å². The third-order valence-electron chi connectivity index (χ3n) is 13.9. The minimum absolute atomic E-state index is 0.183. The van der Waals surface area contributed by atoms with E-state index < -0.39 is 24.3 Å². The van der Waals surface area contributed by atoms with Gasteiger partial charge in [-0.2, -0.15) is 0 Å². The number of carboxylic acid groups (broad SMARTS) is 1. The van der Waals surface area contributed by atoms with Crippen molar-refractivity contribution in [3.05, 3.63) is 85.1 Å². The van der Waals surface area contributed by atoms with Crippen LogP contribution in [0.15, 0.2) is 85.1 Å². The van der Waals surface area contributed by atoms with Crippen LogP contribution in [0.1, 0.15) is 277 Å². The van der Waals surface area contributed by atoms with Gasteiger partial charge in [-0.05, 0) is 70.6 Å². The Morgan fingerprint density at radius 1 is 0.397 bits per heavy atom. The molecule has 0 saturated heterocycles. The van der Waals surface area contributed by atoms with Crippen molar-refractivity contribution in [2.45, 2.75) is 289 Å². The van der Waals surface area contributed by atoms with Crippen LogP contribution in [0, 0.1) is 0 Å². The molecule has 0 radical (unpaired) electrons. The number of hydrogen-bond acceptors (Lipinski definition) is 7. The van der Waals surface area contributed by atoms with Gasteiger partial charge in [0.1, 0.15) is 13.2 Å². The summed E-state index contributed by atoms with van der Waals surface area (Å²) in [5.41, 5.74) is 0. The van der Waals surface area contributed by atoms with Gasteiger partial charge in [-0.15, -0.1) is 0 Å². The molecule has 2 atom stereocenters. The number of carboxylic acids is 1. The van der Waals surface area contributed by atoms with Crippen LogP contribution in [0.4, 0.5) is 0 Å². The van der Waals surface area contributed by atoms with Crippen LogP contribution in [0.2, 0.25) is 0 Å². The highest BCUT2D eigenvalue weighted by Gasteiger charge is 2.25. The lowest BCUT2D eigenvalue weighted by molar-refractivity contribution is -0.870. The van der Waals surface area contributed by atoms with Gasteiger partial charge in [-0.3, -0.25) is 9.59 Å². The first-order valence-electron chi connectivity index (χ1n) is 32.3. The van der Waals surface area contributed by atoms with E-state index in [1.165, 1.54) is 154 Å². The Morgan fingerprint density at radius 3 is 1.09 bits per heavy atom. The maximum Gasteiger partial charge on any atom is 0.361 e. The molecule has 0 spiro atoms. The van der Waals surface area contributed by atoms with E-state index in [9.17, 15) is 19.5 Å². The summed E-state index contributed by atoms with van der Waals surface area (Å²) in [5, 5.41) is 9.73. The SMILES string of the molecule is CC/C=C\C/C=C\C/C=C\C/C=C\C/C=C\C/C=C\C/C=C\CCCCCCCCCCCCCC(=O)OC(COC(=O)CCCCCCCCCCCCCCCCCCCCCC)COC(OCC[N+](C)(C)C)C(=O)O. The summed E-state index contributed by atoms with van der Waals surface area (Å²) in [6.07, 6.45) is 76.7. The van der Waals surface area contributed by atoms with Crippen molar-refractivity contribution < 1.29 is 42.9 Å². The summed E-state index contributed by atoms with van der Waals surface area (Å²) in [5.74, 6) is -2.00. The maximum absolute atomic E-state index is 12.9. The van der Waals surface area contributed by atoms with Gasteiger partial charge < -0.3 is 28.5 Å². The van der Waals surface area contributed by atoms with Crippen molar-refractivity contribution in [1.29, 1.82) is 0 Å². The summed E-state index contributed by atoms with van der Waals surface area (Å²) >= 11 is 0. The summed E-state index contributed by atoms with van der Waals surface area (Å²) < 4.78 is 22.9. The summed E-state index contributed by atoms with van der Waals surface area (Å²) in [4.78, 5) is 37.5. The number of nitrogens with zero attached hydrogens (tertiary/aromatic N) is 1. The van der Waals surface area contributed by atoms with Crippen LogP contribution in [-0.2, 0) is 33.3 Å². The quantitative estimate of drug-likeness (QED) is 0.0211. The highest BCUT2D eigenvalue weighted by Crippen LogP contribution is 2.17. The monoisotopic (exact) mass is 1090 g/mol. The lowest BCUT2D eigenvalue weighted by Crippen LogP contribution is -2.40. The number of unbranched alkanes of at least 4 members (excludes halogenated alkanes) is 30.